The molecular formula is C14H10F6OS. The molecule has 0 saturated carbocycles. The lowest BCUT2D eigenvalue weighted by Crippen LogP contribution is -2.25. The van der Waals surface area contributed by atoms with Crippen LogP contribution in [-0.4, -0.2) is 16.6 Å². The fraction of sp³-hybridized carbons (Fsp3) is 0.214. The summed E-state index contributed by atoms with van der Waals surface area (Å²) >= 11 is 0. The second-order valence-corrected chi connectivity index (χ2v) is 5.60. The first-order valence-corrected chi connectivity index (χ1v) is 6.87. The van der Waals surface area contributed by atoms with E-state index in [2.05, 4.69) is 6.58 Å². The fourth-order valence-electron chi connectivity index (χ4n) is 1.39. The minimum Gasteiger partial charge on any atom is -0.248 e. The summed E-state index contributed by atoms with van der Waals surface area (Å²) in [5.74, 6) is 0. The molecule has 1 aromatic rings. The quantitative estimate of drug-likeness (QED) is 0.434. The zero-order valence-electron chi connectivity index (χ0n) is 11.2. The molecule has 0 heterocycles. The van der Waals surface area contributed by atoms with Crippen LogP contribution in [0.25, 0.3) is 0 Å². The molecule has 0 aliphatic rings. The van der Waals surface area contributed by atoms with Gasteiger partial charge in [-0.2, -0.15) is 26.3 Å². The van der Waals surface area contributed by atoms with E-state index in [1.54, 1.807) is 6.07 Å². The maximum absolute atomic E-state index is 12.5. The summed E-state index contributed by atoms with van der Waals surface area (Å²) < 4.78 is 87.4. The van der Waals surface area contributed by atoms with Crippen molar-refractivity contribution in [2.24, 2.45) is 0 Å². The molecule has 1 atom stereocenters. The maximum Gasteiger partial charge on any atom is 0.428 e. The molecule has 120 valence electrons. The third kappa shape index (κ3) is 4.61. The third-order valence-corrected chi connectivity index (χ3v) is 3.86. The number of halogens is 6. The molecule has 0 fully saturated rings. The monoisotopic (exact) mass is 340 g/mol. The smallest absolute Gasteiger partial charge is 0.248 e. The highest BCUT2D eigenvalue weighted by Gasteiger charge is 2.51. The van der Waals surface area contributed by atoms with E-state index >= 15 is 0 Å². The Morgan fingerprint density at radius 3 is 1.86 bits per heavy atom. The lowest BCUT2D eigenvalue weighted by molar-refractivity contribution is -0.171. The lowest BCUT2D eigenvalue weighted by atomic mass is 10.2. The molecule has 0 spiro atoms. The molecule has 0 aliphatic heterocycles. The van der Waals surface area contributed by atoms with E-state index in [0.29, 0.717) is 0 Å². The van der Waals surface area contributed by atoms with Crippen LogP contribution in [0.4, 0.5) is 26.3 Å². The predicted molar refractivity (Wildman–Crippen MR) is 70.3 cm³/mol. The highest BCUT2D eigenvalue weighted by atomic mass is 32.2. The summed E-state index contributed by atoms with van der Waals surface area (Å²) in [6, 6.07) is 7.13. The molecule has 0 amide bonds. The molecule has 1 rings (SSSR count). The first-order chi connectivity index (χ1) is 9.94. The molecule has 1 unspecified atom stereocenters. The van der Waals surface area contributed by atoms with E-state index < -0.39 is 33.6 Å². The Morgan fingerprint density at radius 2 is 1.50 bits per heavy atom. The summed E-state index contributed by atoms with van der Waals surface area (Å²) in [7, 11) is -2.26. The Balaban J connectivity index is 3.62. The number of hydrogen-bond acceptors (Lipinski definition) is 1. The second kappa shape index (κ2) is 6.54. The first kappa shape index (κ1) is 18.3. The summed E-state index contributed by atoms with van der Waals surface area (Å²) in [5, 5.41) is 0. The van der Waals surface area contributed by atoms with Gasteiger partial charge < -0.3 is 0 Å². The molecule has 0 aliphatic carbocycles. The van der Waals surface area contributed by atoms with E-state index in [4.69, 9.17) is 0 Å². The number of benzene rings is 1. The van der Waals surface area contributed by atoms with Gasteiger partial charge in [-0.1, -0.05) is 30.5 Å². The van der Waals surface area contributed by atoms with Crippen molar-refractivity contribution >= 4 is 10.8 Å². The van der Waals surface area contributed by atoms with Gasteiger partial charge in [0.15, 0.2) is 5.57 Å². The van der Waals surface area contributed by atoms with Crippen molar-refractivity contribution in [2.45, 2.75) is 24.2 Å². The Morgan fingerprint density at radius 1 is 1.05 bits per heavy atom. The molecule has 1 aromatic carbocycles. The van der Waals surface area contributed by atoms with E-state index in [1.165, 1.54) is 30.0 Å². The zero-order chi connectivity index (χ0) is 17.1. The SMILES string of the molecule is C=C(C)C(=C=C(C(F)(F)F)C(F)(F)F)S(=O)c1ccccc1. The van der Waals surface area contributed by atoms with Gasteiger partial charge in [-0.05, 0) is 24.6 Å². The molecule has 0 bridgehead atoms. The highest BCUT2D eigenvalue weighted by Crippen LogP contribution is 2.38. The zero-order valence-corrected chi connectivity index (χ0v) is 12.0. The normalized spacial score (nSPS) is 13.2. The fourth-order valence-corrected chi connectivity index (χ4v) is 2.54. The molecule has 0 saturated heterocycles. The van der Waals surface area contributed by atoms with Crippen LogP contribution in [0, 0.1) is 0 Å². The molecule has 22 heavy (non-hydrogen) atoms. The van der Waals surface area contributed by atoms with Crippen LogP contribution in [0.2, 0.25) is 0 Å². The van der Waals surface area contributed by atoms with Crippen molar-refractivity contribution in [3.05, 3.63) is 58.7 Å². The lowest BCUT2D eigenvalue weighted by Gasteiger charge is -2.13. The van der Waals surface area contributed by atoms with Gasteiger partial charge >= 0.3 is 12.4 Å². The molecule has 0 radical (unpaired) electrons. The van der Waals surface area contributed by atoms with Crippen LogP contribution < -0.4 is 0 Å². The Labute approximate surface area is 125 Å². The Bertz CT molecular complexity index is 632. The largest absolute Gasteiger partial charge is 0.428 e. The van der Waals surface area contributed by atoms with E-state index in [9.17, 15) is 30.6 Å². The molecule has 1 nitrogen and oxygen atoms in total. The van der Waals surface area contributed by atoms with Crippen molar-refractivity contribution in [2.75, 3.05) is 0 Å². The van der Waals surface area contributed by atoms with Gasteiger partial charge in [0, 0.05) is 4.90 Å². The molecular weight excluding hydrogens is 330 g/mol. The van der Waals surface area contributed by atoms with Crippen LogP contribution in [0.15, 0.2) is 63.6 Å². The number of rotatable bonds is 3. The van der Waals surface area contributed by atoms with Gasteiger partial charge in [0.1, 0.15) is 0 Å². The molecule has 8 heteroatoms. The van der Waals surface area contributed by atoms with Crippen molar-refractivity contribution < 1.29 is 30.6 Å². The summed E-state index contributed by atoms with van der Waals surface area (Å²) in [6.45, 7) is 4.44. The van der Waals surface area contributed by atoms with Gasteiger partial charge in [0.05, 0.1) is 15.7 Å². The average Bonchev–Trinajstić information content (AvgIpc) is 2.36. The predicted octanol–water partition coefficient (Wildman–Crippen LogP) is 4.90. The number of allylic oxidation sites excluding steroid dienone is 1. The topological polar surface area (TPSA) is 17.1 Å². The van der Waals surface area contributed by atoms with Crippen LogP contribution in [0.5, 0.6) is 0 Å². The van der Waals surface area contributed by atoms with Crippen LogP contribution in [-0.2, 0) is 10.8 Å². The molecule has 0 aromatic heterocycles. The van der Waals surface area contributed by atoms with E-state index in [1.807, 2.05) is 0 Å². The minimum absolute atomic E-state index is 0.0525. The van der Waals surface area contributed by atoms with Crippen molar-refractivity contribution in [1.82, 2.24) is 0 Å². The Hall–Kier alpha value is -1.79. The minimum atomic E-state index is -5.67. The standard InChI is InChI=1S/C14H10F6OS/c1-9(2)11(22(21)10-6-4-3-5-7-10)8-12(13(15,16)17)14(18,19)20/h3-7H,1H2,2H3. The van der Waals surface area contributed by atoms with Crippen molar-refractivity contribution in [3.63, 3.8) is 0 Å². The third-order valence-electron chi connectivity index (χ3n) is 2.34. The van der Waals surface area contributed by atoms with Gasteiger partial charge in [-0.3, -0.25) is 0 Å². The summed E-state index contributed by atoms with van der Waals surface area (Å²) in [4.78, 5) is -0.701. The number of alkyl halides is 6. The van der Waals surface area contributed by atoms with Gasteiger partial charge in [-0.15, -0.1) is 0 Å². The van der Waals surface area contributed by atoms with Crippen LogP contribution in [0.3, 0.4) is 0 Å². The van der Waals surface area contributed by atoms with Crippen molar-refractivity contribution in [1.29, 1.82) is 0 Å². The molecule has 0 N–H and O–H groups in total. The van der Waals surface area contributed by atoms with Crippen LogP contribution >= 0.6 is 0 Å². The second-order valence-electron chi connectivity index (χ2n) is 4.19. The summed E-state index contributed by atoms with van der Waals surface area (Å²) in [5.41, 5.74) is -1.83. The highest BCUT2D eigenvalue weighted by molar-refractivity contribution is 7.89. The van der Waals surface area contributed by atoms with Gasteiger partial charge in [-0.25, -0.2) is 4.21 Å². The van der Waals surface area contributed by atoms with Crippen molar-refractivity contribution in [3.8, 4) is 0 Å². The maximum atomic E-state index is 12.5. The van der Waals surface area contributed by atoms with E-state index in [-0.39, 0.29) is 10.5 Å². The average molecular weight is 340 g/mol. The van der Waals surface area contributed by atoms with Gasteiger partial charge in [0.25, 0.3) is 0 Å². The Kier molecular flexibility index (Phi) is 5.43. The summed E-state index contributed by atoms with van der Waals surface area (Å²) in [6.07, 6.45) is -11.3. The number of hydrogen-bond donors (Lipinski definition) is 0. The first-order valence-electron chi connectivity index (χ1n) is 5.72. The van der Waals surface area contributed by atoms with Gasteiger partial charge in [0.2, 0.25) is 0 Å². The van der Waals surface area contributed by atoms with E-state index in [0.717, 1.165) is 6.92 Å². The van der Waals surface area contributed by atoms with Crippen LogP contribution in [0.1, 0.15) is 6.92 Å².